The van der Waals surface area contributed by atoms with Crippen molar-refractivity contribution in [3.63, 3.8) is 0 Å². The van der Waals surface area contributed by atoms with Crippen molar-refractivity contribution < 1.29 is 4.79 Å². The van der Waals surface area contributed by atoms with Crippen LogP contribution in [-0.4, -0.2) is 21.1 Å². The first-order chi connectivity index (χ1) is 11.5. The Morgan fingerprint density at radius 2 is 1.92 bits per heavy atom. The SMILES string of the molecule is CC(C)c1ccc(CC(=O)N[C@H](C)c2cc3cn[nH]c3cn2)cc1. The number of H-pyrrole nitrogens is 1. The van der Waals surface area contributed by atoms with E-state index in [-0.39, 0.29) is 11.9 Å². The average molecular weight is 322 g/mol. The monoisotopic (exact) mass is 322 g/mol. The van der Waals surface area contributed by atoms with E-state index in [9.17, 15) is 4.79 Å². The van der Waals surface area contributed by atoms with Crippen molar-refractivity contribution in [1.82, 2.24) is 20.5 Å². The highest BCUT2D eigenvalue weighted by atomic mass is 16.1. The highest BCUT2D eigenvalue weighted by Crippen LogP contribution is 2.17. The summed E-state index contributed by atoms with van der Waals surface area (Å²) in [4.78, 5) is 16.7. The lowest BCUT2D eigenvalue weighted by molar-refractivity contribution is -0.121. The molecule has 124 valence electrons. The summed E-state index contributed by atoms with van der Waals surface area (Å²) in [6.45, 7) is 6.26. The Labute approximate surface area is 141 Å². The Morgan fingerprint density at radius 1 is 1.17 bits per heavy atom. The first-order valence-corrected chi connectivity index (χ1v) is 8.20. The lowest BCUT2D eigenvalue weighted by atomic mass is 10.0. The Hall–Kier alpha value is -2.69. The fourth-order valence-corrected chi connectivity index (χ4v) is 2.67. The summed E-state index contributed by atoms with van der Waals surface area (Å²) >= 11 is 0. The van der Waals surface area contributed by atoms with Gasteiger partial charge in [0.1, 0.15) is 0 Å². The minimum absolute atomic E-state index is 0.00566. The standard InChI is InChI=1S/C19H22N4O/c1-12(2)15-6-4-14(5-7-15)8-19(24)22-13(3)17-9-16-10-21-23-18(16)11-20-17/h4-7,9-13H,8H2,1-3H3,(H,21,23)(H,22,24)/t13-/m1/s1. The highest BCUT2D eigenvalue weighted by Gasteiger charge is 2.12. The fourth-order valence-electron chi connectivity index (χ4n) is 2.67. The van der Waals surface area contributed by atoms with E-state index in [2.05, 4.69) is 46.5 Å². The number of carbonyl (C=O) groups is 1. The van der Waals surface area contributed by atoms with Crippen LogP contribution in [0.1, 0.15) is 49.6 Å². The zero-order valence-corrected chi connectivity index (χ0v) is 14.2. The van der Waals surface area contributed by atoms with Crippen LogP contribution in [0, 0.1) is 0 Å². The number of hydrogen-bond acceptors (Lipinski definition) is 3. The zero-order valence-electron chi connectivity index (χ0n) is 14.2. The zero-order chi connectivity index (χ0) is 17.1. The van der Waals surface area contributed by atoms with Gasteiger partial charge in [-0.1, -0.05) is 38.1 Å². The average Bonchev–Trinajstić information content (AvgIpc) is 3.02. The second-order valence-electron chi connectivity index (χ2n) is 6.43. The molecule has 5 heteroatoms. The van der Waals surface area contributed by atoms with Gasteiger partial charge in [-0.25, -0.2) is 0 Å². The van der Waals surface area contributed by atoms with Crippen LogP contribution in [-0.2, 0) is 11.2 Å². The molecular formula is C19H22N4O. The molecule has 0 spiro atoms. The number of rotatable bonds is 5. The smallest absolute Gasteiger partial charge is 0.224 e. The minimum Gasteiger partial charge on any atom is -0.348 e. The maximum absolute atomic E-state index is 12.3. The summed E-state index contributed by atoms with van der Waals surface area (Å²) in [6, 6.07) is 10.0. The Balaban J connectivity index is 1.63. The molecule has 3 aromatic rings. The molecule has 3 rings (SSSR count). The van der Waals surface area contributed by atoms with Crippen molar-refractivity contribution >= 4 is 16.8 Å². The molecule has 0 saturated carbocycles. The number of nitrogens with one attached hydrogen (secondary N) is 2. The summed E-state index contributed by atoms with van der Waals surface area (Å²) in [6.07, 6.45) is 3.87. The van der Waals surface area contributed by atoms with E-state index < -0.39 is 0 Å². The van der Waals surface area contributed by atoms with Crippen LogP contribution in [0.4, 0.5) is 0 Å². The van der Waals surface area contributed by atoms with Gasteiger partial charge < -0.3 is 5.32 Å². The molecule has 24 heavy (non-hydrogen) atoms. The summed E-state index contributed by atoms with van der Waals surface area (Å²) in [5.41, 5.74) is 4.02. The van der Waals surface area contributed by atoms with E-state index in [4.69, 9.17) is 0 Å². The second-order valence-corrected chi connectivity index (χ2v) is 6.43. The predicted molar refractivity (Wildman–Crippen MR) is 94.7 cm³/mol. The molecule has 2 aromatic heterocycles. The largest absolute Gasteiger partial charge is 0.348 e. The first-order valence-electron chi connectivity index (χ1n) is 8.20. The molecule has 1 atom stereocenters. The first kappa shape index (κ1) is 16.2. The van der Waals surface area contributed by atoms with Crippen molar-refractivity contribution in [2.45, 2.75) is 39.2 Å². The Kier molecular flexibility index (Phi) is 4.60. The number of aromatic nitrogens is 3. The molecule has 0 fully saturated rings. The molecule has 0 aliphatic rings. The van der Waals surface area contributed by atoms with Gasteiger partial charge in [0.15, 0.2) is 0 Å². The third kappa shape index (κ3) is 3.62. The molecule has 0 unspecified atom stereocenters. The number of hydrogen-bond donors (Lipinski definition) is 2. The van der Waals surface area contributed by atoms with E-state index in [0.717, 1.165) is 22.2 Å². The van der Waals surface area contributed by atoms with Crippen LogP contribution in [0.15, 0.2) is 42.7 Å². The fraction of sp³-hybridized carbons (Fsp3) is 0.316. The van der Waals surface area contributed by atoms with Gasteiger partial charge in [-0.15, -0.1) is 0 Å². The third-order valence-corrected chi connectivity index (χ3v) is 4.18. The molecule has 2 N–H and O–H groups in total. The van der Waals surface area contributed by atoms with Crippen LogP contribution in [0.3, 0.4) is 0 Å². The molecule has 2 heterocycles. The van der Waals surface area contributed by atoms with Crippen molar-refractivity contribution in [2.24, 2.45) is 0 Å². The van der Waals surface area contributed by atoms with E-state index in [1.54, 1.807) is 12.4 Å². The maximum atomic E-state index is 12.3. The van der Waals surface area contributed by atoms with E-state index in [0.29, 0.717) is 12.3 Å². The van der Waals surface area contributed by atoms with Crippen molar-refractivity contribution in [3.8, 4) is 0 Å². The lowest BCUT2D eigenvalue weighted by Crippen LogP contribution is -2.28. The molecular weight excluding hydrogens is 300 g/mol. The molecule has 0 bridgehead atoms. The number of carbonyl (C=O) groups excluding carboxylic acids is 1. The number of benzene rings is 1. The van der Waals surface area contributed by atoms with Gasteiger partial charge >= 0.3 is 0 Å². The van der Waals surface area contributed by atoms with Gasteiger partial charge in [0.05, 0.1) is 36.1 Å². The normalized spacial score (nSPS) is 12.5. The van der Waals surface area contributed by atoms with Gasteiger partial charge in [0.2, 0.25) is 5.91 Å². The maximum Gasteiger partial charge on any atom is 0.224 e. The summed E-state index contributed by atoms with van der Waals surface area (Å²) in [5, 5.41) is 10.9. The summed E-state index contributed by atoms with van der Waals surface area (Å²) in [7, 11) is 0. The van der Waals surface area contributed by atoms with Crippen molar-refractivity contribution in [2.75, 3.05) is 0 Å². The number of nitrogens with zero attached hydrogens (tertiary/aromatic N) is 2. The van der Waals surface area contributed by atoms with Crippen molar-refractivity contribution in [1.29, 1.82) is 0 Å². The Bertz CT molecular complexity index is 836. The molecule has 0 saturated heterocycles. The lowest BCUT2D eigenvalue weighted by Gasteiger charge is -2.14. The quantitative estimate of drug-likeness (QED) is 0.755. The van der Waals surface area contributed by atoms with E-state index in [1.807, 2.05) is 25.1 Å². The van der Waals surface area contributed by atoms with Crippen LogP contribution in [0.2, 0.25) is 0 Å². The minimum atomic E-state index is -0.147. The van der Waals surface area contributed by atoms with E-state index >= 15 is 0 Å². The van der Waals surface area contributed by atoms with Gasteiger partial charge in [-0.2, -0.15) is 5.10 Å². The van der Waals surface area contributed by atoms with Crippen LogP contribution in [0.5, 0.6) is 0 Å². The van der Waals surface area contributed by atoms with Crippen molar-refractivity contribution in [3.05, 3.63) is 59.5 Å². The molecule has 1 amide bonds. The molecule has 0 aliphatic carbocycles. The third-order valence-electron chi connectivity index (χ3n) is 4.18. The molecule has 0 radical (unpaired) electrons. The molecule has 0 aliphatic heterocycles. The van der Waals surface area contributed by atoms with Crippen LogP contribution in [0.25, 0.3) is 10.9 Å². The number of pyridine rings is 1. The Morgan fingerprint density at radius 3 is 2.62 bits per heavy atom. The molecule has 5 nitrogen and oxygen atoms in total. The number of aromatic amines is 1. The summed E-state index contributed by atoms with van der Waals surface area (Å²) < 4.78 is 0. The van der Waals surface area contributed by atoms with Gasteiger partial charge in [0.25, 0.3) is 0 Å². The van der Waals surface area contributed by atoms with Gasteiger partial charge in [-0.3, -0.25) is 14.9 Å². The van der Waals surface area contributed by atoms with Crippen LogP contribution < -0.4 is 5.32 Å². The molecule has 1 aromatic carbocycles. The van der Waals surface area contributed by atoms with Gasteiger partial charge in [0, 0.05) is 5.39 Å². The number of amides is 1. The van der Waals surface area contributed by atoms with Gasteiger partial charge in [-0.05, 0) is 30.0 Å². The van der Waals surface area contributed by atoms with Crippen LogP contribution >= 0.6 is 0 Å². The second kappa shape index (κ2) is 6.83. The highest BCUT2D eigenvalue weighted by molar-refractivity contribution is 5.80. The van der Waals surface area contributed by atoms with E-state index in [1.165, 1.54) is 5.56 Å². The topological polar surface area (TPSA) is 70.7 Å². The number of fused-ring (bicyclic) bond motifs is 1. The predicted octanol–water partition coefficient (Wildman–Crippen LogP) is 3.50. The summed E-state index contributed by atoms with van der Waals surface area (Å²) in [5.74, 6) is 0.491.